The number of ether oxygens (including phenoxy) is 1. The Morgan fingerprint density at radius 1 is 1.00 bits per heavy atom. The van der Waals surface area contributed by atoms with Crippen molar-refractivity contribution in [2.75, 3.05) is 5.32 Å². The lowest BCUT2D eigenvalue weighted by molar-refractivity contribution is -0.142. The van der Waals surface area contributed by atoms with Gasteiger partial charge in [0.25, 0.3) is 5.91 Å². The smallest absolute Gasteiger partial charge is 0.408 e. The fraction of sp³-hybridized carbons (Fsp3) is 0.333. The molecular weight excluding hydrogens is 512 g/mol. The van der Waals surface area contributed by atoms with Crippen LogP contribution in [0.2, 0.25) is 0 Å². The van der Waals surface area contributed by atoms with Crippen molar-refractivity contribution >= 4 is 40.3 Å². The van der Waals surface area contributed by atoms with Crippen LogP contribution in [0.1, 0.15) is 51.6 Å². The number of phenolic OH excluding ortho intramolecular Hbond substituents is 1. The molecule has 0 heterocycles. The van der Waals surface area contributed by atoms with Crippen LogP contribution in [0, 0.1) is 0 Å². The Hall–Kier alpha value is -4.60. The Balaban J connectivity index is 1.69. The van der Waals surface area contributed by atoms with Crippen molar-refractivity contribution in [3.8, 4) is 5.75 Å². The van der Waals surface area contributed by atoms with E-state index in [0.29, 0.717) is 24.1 Å². The van der Waals surface area contributed by atoms with E-state index in [1.54, 1.807) is 39.0 Å². The Morgan fingerprint density at radius 3 is 2.33 bits per heavy atom. The third-order valence-electron chi connectivity index (χ3n) is 6.32. The predicted octanol–water partition coefficient (Wildman–Crippen LogP) is 3.98. The van der Waals surface area contributed by atoms with Crippen molar-refractivity contribution in [1.82, 2.24) is 10.2 Å². The largest absolute Gasteiger partial charge is 0.508 e. The van der Waals surface area contributed by atoms with E-state index in [9.17, 15) is 24.3 Å². The number of nitrogens with zero attached hydrogens (tertiary/aromatic N) is 1. The van der Waals surface area contributed by atoms with Crippen molar-refractivity contribution in [2.45, 2.75) is 63.8 Å². The Morgan fingerprint density at radius 2 is 1.70 bits per heavy atom. The third-order valence-corrected chi connectivity index (χ3v) is 6.32. The number of fused-ring (bicyclic) bond motifs is 1. The molecule has 0 spiro atoms. The van der Waals surface area contributed by atoms with Gasteiger partial charge in [-0.05, 0) is 74.2 Å². The van der Waals surface area contributed by atoms with Crippen molar-refractivity contribution in [3.05, 3.63) is 72.3 Å². The second kappa shape index (κ2) is 11.6. The van der Waals surface area contributed by atoms with Crippen LogP contribution < -0.4 is 16.4 Å². The summed E-state index contributed by atoms with van der Waals surface area (Å²) in [6.45, 7) is 5.01. The zero-order valence-electron chi connectivity index (χ0n) is 22.7. The SMILES string of the molecule is CC(C)(C)OC(=O)NC(CC(N)=O)C(=O)N(C1CC1)C(C(=O)Nc1ccc2ccccc2c1)c1cccc(O)c1. The number of aromatic hydroxyl groups is 1. The molecule has 1 fully saturated rings. The van der Waals surface area contributed by atoms with Crippen LogP contribution in [0.5, 0.6) is 5.75 Å². The summed E-state index contributed by atoms with van der Waals surface area (Å²) in [6, 6.07) is 16.4. The van der Waals surface area contributed by atoms with E-state index < -0.39 is 47.9 Å². The average molecular weight is 547 g/mol. The first-order chi connectivity index (χ1) is 18.9. The number of rotatable bonds is 9. The number of nitrogens with two attached hydrogens (primary N) is 1. The molecule has 40 heavy (non-hydrogen) atoms. The maximum Gasteiger partial charge on any atom is 0.408 e. The molecule has 2 unspecified atom stereocenters. The number of primary amides is 1. The van der Waals surface area contributed by atoms with Gasteiger partial charge in [0.15, 0.2) is 0 Å². The summed E-state index contributed by atoms with van der Waals surface area (Å²) in [7, 11) is 0. The summed E-state index contributed by atoms with van der Waals surface area (Å²) in [4.78, 5) is 53.7. The number of hydrogen-bond acceptors (Lipinski definition) is 6. The highest BCUT2D eigenvalue weighted by atomic mass is 16.6. The van der Waals surface area contributed by atoms with Gasteiger partial charge in [-0.3, -0.25) is 14.4 Å². The zero-order valence-corrected chi connectivity index (χ0v) is 22.7. The van der Waals surface area contributed by atoms with E-state index >= 15 is 0 Å². The summed E-state index contributed by atoms with van der Waals surface area (Å²) in [5, 5.41) is 17.5. The highest BCUT2D eigenvalue weighted by Gasteiger charge is 2.44. The predicted molar refractivity (Wildman–Crippen MR) is 150 cm³/mol. The Kier molecular flexibility index (Phi) is 8.27. The van der Waals surface area contributed by atoms with Crippen LogP contribution >= 0.6 is 0 Å². The van der Waals surface area contributed by atoms with E-state index in [1.165, 1.54) is 17.0 Å². The molecule has 3 aromatic rings. The molecule has 0 saturated heterocycles. The molecule has 10 heteroatoms. The van der Waals surface area contributed by atoms with E-state index in [-0.39, 0.29) is 11.8 Å². The molecule has 1 aliphatic rings. The molecule has 0 radical (unpaired) electrons. The monoisotopic (exact) mass is 546 g/mol. The lowest BCUT2D eigenvalue weighted by Crippen LogP contribution is -2.54. The molecule has 4 amide bonds. The number of amides is 4. The van der Waals surface area contributed by atoms with Crippen LogP contribution in [-0.2, 0) is 19.1 Å². The van der Waals surface area contributed by atoms with Crippen LogP contribution in [0.3, 0.4) is 0 Å². The minimum atomic E-state index is -1.36. The summed E-state index contributed by atoms with van der Waals surface area (Å²) in [5.41, 5.74) is 5.48. The van der Waals surface area contributed by atoms with Gasteiger partial charge in [-0.1, -0.05) is 42.5 Å². The van der Waals surface area contributed by atoms with Crippen LogP contribution in [0.25, 0.3) is 10.8 Å². The molecule has 0 bridgehead atoms. The minimum absolute atomic E-state index is 0.0789. The summed E-state index contributed by atoms with van der Waals surface area (Å²) in [5.74, 6) is -2.06. The highest BCUT2D eigenvalue weighted by molar-refractivity contribution is 6.01. The molecule has 0 aliphatic heterocycles. The van der Waals surface area contributed by atoms with E-state index in [2.05, 4.69) is 10.6 Å². The lowest BCUT2D eigenvalue weighted by Gasteiger charge is -2.34. The minimum Gasteiger partial charge on any atom is -0.508 e. The summed E-state index contributed by atoms with van der Waals surface area (Å²) < 4.78 is 5.29. The average Bonchev–Trinajstić information content (AvgIpc) is 3.70. The lowest BCUT2D eigenvalue weighted by atomic mass is 10.0. The van der Waals surface area contributed by atoms with Gasteiger partial charge in [-0.2, -0.15) is 0 Å². The number of phenols is 1. The van der Waals surface area contributed by atoms with Crippen molar-refractivity contribution in [3.63, 3.8) is 0 Å². The van der Waals surface area contributed by atoms with Crippen molar-refractivity contribution in [1.29, 1.82) is 0 Å². The quantitative estimate of drug-likeness (QED) is 0.319. The Labute approximate surface area is 232 Å². The van der Waals surface area contributed by atoms with Gasteiger partial charge in [-0.15, -0.1) is 0 Å². The first-order valence-corrected chi connectivity index (χ1v) is 13.1. The van der Waals surface area contributed by atoms with Crippen LogP contribution in [-0.4, -0.2) is 51.5 Å². The molecule has 2 atom stereocenters. The topological polar surface area (TPSA) is 151 Å². The third kappa shape index (κ3) is 7.28. The van der Waals surface area contributed by atoms with Gasteiger partial charge in [0, 0.05) is 11.7 Å². The zero-order chi connectivity index (χ0) is 29.0. The van der Waals surface area contributed by atoms with E-state index in [0.717, 1.165) is 10.8 Å². The van der Waals surface area contributed by atoms with E-state index in [4.69, 9.17) is 10.5 Å². The highest BCUT2D eigenvalue weighted by Crippen LogP contribution is 2.37. The normalized spacial score (nSPS) is 14.6. The van der Waals surface area contributed by atoms with Gasteiger partial charge >= 0.3 is 6.09 Å². The van der Waals surface area contributed by atoms with Gasteiger partial charge in [0.2, 0.25) is 11.8 Å². The first kappa shape index (κ1) is 28.4. The number of anilines is 1. The van der Waals surface area contributed by atoms with Crippen LogP contribution in [0.15, 0.2) is 66.7 Å². The second-order valence-corrected chi connectivity index (χ2v) is 10.9. The number of carbonyl (C=O) groups excluding carboxylic acids is 4. The summed E-state index contributed by atoms with van der Waals surface area (Å²) >= 11 is 0. The molecule has 10 nitrogen and oxygen atoms in total. The van der Waals surface area contributed by atoms with Gasteiger partial charge in [0.1, 0.15) is 23.4 Å². The van der Waals surface area contributed by atoms with Crippen molar-refractivity contribution < 1.29 is 29.0 Å². The molecule has 3 aromatic carbocycles. The summed E-state index contributed by atoms with van der Waals surface area (Å²) in [6.07, 6.45) is -0.127. The molecule has 1 aliphatic carbocycles. The molecule has 0 aromatic heterocycles. The fourth-order valence-corrected chi connectivity index (χ4v) is 4.51. The molecule has 1 saturated carbocycles. The first-order valence-electron chi connectivity index (χ1n) is 13.1. The number of carbonyl (C=O) groups is 4. The van der Waals surface area contributed by atoms with Gasteiger partial charge in [0.05, 0.1) is 6.42 Å². The molecule has 4 rings (SSSR count). The Bertz CT molecular complexity index is 1430. The van der Waals surface area contributed by atoms with Crippen LogP contribution in [0.4, 0.5) is 10.5 Å². The van der Waals surface area contributed by atoms with Gasteiger partial charge < -0.3 is 31.1 Å². The van der Waals surface area contributed by atoms with E-state index in [1.807, 2.05) is 36.4 Å². The van der Waals surface area contributed by atoms with Crippen molar-refractivity contribution in [2.24, 2.45) is 5.73 Å². The molecule has 5 N–H and O–H groups in total. The maximum atomic E-state index is 14.0. The number of hydrogen-bond donors (Lipinski definition) is 4. The second-order valence-electron chi connectivity index (χ2n) is 10.9. The number of benzene rings is 3. The molecule has 210 valence electrons. The van der Waals surface area contributed by atoms with Gasteiger partial charge in [-0.25, -0.2) is 4.79 Å². The fourth-order valence-electron chi connectivity index (χ4n) is 4.51. The standard InChI is InChI=1S/C30H34N4O6/c1-30(2,3)40-29(39)33-24(17-25(31)36)28(38)34(22-13-14-22)26(20-9-6-10-23(35)16-20)27(37)32-21-12-11-18-7-4-5-8-19(18)15-21/h4-12,15-16,22,24,26,35H,13-14,17H2,1-3H3,(H2,31,36)(H,32,37)(H,33,39). The number of nitrogens with one attached hydrogen (secondary N) is 2. The molecular formula is C30H34N4O6. The maximum absolute atomic E-state index is 14.0. The number of alkyl carbamates (subject to hydrolysis) is 1.